The lowest BCUT2D eigenvalue weighted by molar-refractivity contribution is -0.121. The minimum atomic E-state index is -0.00638. The molecule has 1 atom stereocenters. The zero-order valence-electron chi connectivity index (χ0n) is 12.5. The molecule has 1 unspecified atom stereocenters. The van der Waals surface area contributed by atoms with Crippen LogP contribution in [0.1, 0.15) is 36.1 Å². The van der Waals surface area contributed by atoms with E-state index in [2.05, 4.69) is 36.5 Å². The van der Waals surface area contributed by atoms with E-state index in [4.69, 9.17) is 0 Å². The number of hydrogen-bond donors (Lipinski definition) is 2. The Morgan fingerprint density at radius 3 is 2.29 bits per heavy atom. The molecule has 110 valence electrons. The summed E-state index contributed by atoms with van der Waals surface area (Å²) < 4.78 is 0. The highest BCUT2D eigenvalue weighted by Gasteiger charge is 2.12. The lowest BCUT2D eigenvalue weighted by Crippen LogP contribution is -2.29. The second kappa shape index (κ2) is 6.93. The summed E-state index contributed by atoms with van der Waals surface area (Å²) >= 11 is 0. The van der Waals surface area contributed by atoms with E-state index < -0.39 is 0 Å². The van der Waals surface area contributed by atoms with Crippen molar-refractivity contribution in [3.8, 4) is 5.75 Å². The standard InChI is InChI=1S/C18H21NO2/c1-3-17(15-8-4-13(2)5-9-15)19-18(21)12-14-6-10-16(20)11-7-14/h4-11,17,20H,3,12H2,1-2H3,(H,19,21). The fraction of sp³-hybridized carbons (Fsp3) is 0.278. The molecule has 0 fully saturated rings. The fourth-order valence-electron chi connectivity index (χ4n) is 2.26. The average Bonchev–Trinajstić information content (AvgIpc) is 2.48. The highest BCUT2D eigenvalue weighted by molar-refractivity contribution is 5.79. The predicted octanol–water partition coefficient (Wildman–Crippen LogP) is 3.51. The van der Waals surface area contributed by atoms with Crippen molar-refractivity contribution in [2.45, 2.75) is 32.7 Å². The molecule has 0 radical (unpaired) electrons. The van der Waals surface area contributed by atoms with Gasteiger partial charge in [0.05, 0.1) is 12.5 Å². The first-order valence-electron chi connectivity index (χ1n) is 7.22. The van der Waals surface area contributed by atoms with Gasteiger partial charge in [-0.25, -0.2) is 0 Å². The first-order valence-corrected chi connectivity index (χ1v) is 7.22. The van der Waals surface area contributed by atoms with Gasteiger partial charge in [-0.15, -0.1) is 0 Å². The molecule has 0 aliphatic rings. The smallest absolute Gasteiger partial charge is 0.224 e. The van der Waals surface area contributed by atoms with Crippen molar-refractivity contribution in [1.82, 2.24) is 5.32 Å². The van der Waals surface area contributed by atoms with Gasteiger partial charge in [0, 0.05) is 0 Å². The fourth-order valence-corrected chi connectivity index (χ4v) is 2.26. The van der Waals surface area contributed by atoms with Crippen molar-refractivity contribution in [2.75, 3.05) is 0 Å². The van der Waals surface area contributed by atoms with E-state index in [0.717, 1.165) is 17.5 Å². The summed E-state index contributed by atoms with van der Waals surface area (Å²) in [5, 5.41) is 12.3. The Balaban J connectivity index is 1.99. The Morgan fingerprint density at radius 1 is 1.10 bits per heavy atom. The lowest BCUT2D eigenvalue weighted by atomic mass is 10.0. The number of amides is 1. The Labute approximate surface area is 125 Å². The van der Waals surface area contributed by atoms with Gasteiger partial charge >= 0.3 is 0 Å². The van der Waals surface area contributed by atoms with Crippen LogP contribution in [0.5, 0.6) is 5.75 Å². The molecule has 2 rings (SSSR count). The van der Waals surface area contributed by atoms with E-state index in [9.17, 15) is 9.90 Å². The Morgan fingerprint density at radius 2 is 1.71 bits per heavy atom. The summed E-state index contributed by atoms with van der Waals surface area (Å²) in [6.07, 6.45) is 1.17. The number of nitrogens with one attached hydrogen (secondary N) is 1. The molecule has 1 amide bonds. The largest absolute Gasteiger partial charge is 0.508 e. The number of hydrogen-bond acceptors (Lipinski definition) is 2. The molecular formula is C18H21NO2. The molecular weight excluding hydrogens is 262 g/mol. The SMILES string of the molecule is CCC(NC(=O)Cc1ccc(O)cc1)c1ccc(C)cc1. The highest BCUT2D eigenvalue weighted by Crippen LogP contribution is 2.17. The first kappa shape index (κ1) is 15.1. The first-order chi connectivity index (χ1) is 10.1. The van der Waals surface area contributed by atoms with Crippen LogP contribution in [-0.4, -0.2) is 11.0 Å². The number of carbonyl (C=O) groups is 1. The van der Waals surface area contributed by atoms with Crippen LogP contribution in [0.2, 0.25) is 0 Å². The number of phenols is 1. The van der Waals surface area contributed by atoms with Crippen molar-refractivity contribution in [3.63, 3.8) is 0 Å². The summed E-state index contributed by atoms with van der Waals surface area (Å²) in [5.41, 5.74) is 3.23. The maximum absolute atomic E-state index is 12.1. The van der Waals surface area contributed by atoms with Gasteiger partial charge in [0.15, 0.2) is 0 Å². The van der Waals surface area contributed by atoms with Crippen LogP contribution in [0.15, 0.2) is 48.5 Å². The second-order valence-corrected chi connectivity index (χ2v) is 5.28. The second-order valence-electron chi connectivity index (χ2n) is 5.28. The third-order valence-corrected chi connectivity index (χ3v) is 3.52. The van der Waals surface area contributed by atoms with Crippen LogP contribution in [0.25, 0.3) is 0 Å². The summed E-state index contributed by atoms with van der Waals surface area (Å²) in [4.78, 5) is 12.1. The monoisotopic (exact) mass is 283 g/mol. The van der Waals surface area contributed by atoms with Crippen molar-refractivity contribution in [2.24, 2.45) is 0 Å². The Kier molecular flexibility index (Phi) is 4.99. The predicted molar refractivity (Wildman–Crippen MR) is 84.2 cm³/mol. The maximum Gasteiger partial charge on any atom is 0.224 e. The van der Waals surface area contributed by atoms with Crippen LogP contribution in [-0.2, 0) is 11.2 Å². The van der Waals surface area contributed by atoms with Crippen molar-refractivity contribution >= 4 is 5.91 Å². The molecule has 0 saturated heterocycles. The normalized spacial score (nSPS) is 11.9. The molecule has 0 aromatic heterocycles. The maximum atomic E-state index is 12.1. The van der Waals surface area contributed by atoms with E-state index in [1.54, 1.807) is 24.3 Å². The molecule has 0 heterocycles. The zero-order valence-corrected chi connectivity index (χ0v) is 12.5. The minimum Gasteiger partial charge on any atom is -0.508 e. The highest BCUT2D eigenvalue weighted by atomic mass is 16.3. The summed E-state index contributed by atoms with van der Waals surface area (Å²) in [7, 11) is 0. The van der Waals surface area contributed by atoms with Crippen molar-refractivity contribution < 1.29 is 9.90 Å². The summed E-state index contributed by atoms with van der Waals surface area (Å²) in [6, 6.07) is 15.0. The summed E-state index contributed by atoms with van der Waals surface area (Å²) in [6.45, 7) is 4.11. The van der Waals surface area contributed by atoms with E-state index >= 15 is 0 Å². The van der Waals surface area contributed by atoms with Gasteiger partial charge in [0.1, 0.15) is 5.75 Å². The van der Waals surface area contributed by atoms with Gasteiger partial charge in [0.2, 0.25) is 5.91 Å². The molecule has 0 aliphatic carbocycles. The quantitative estimate of drug-likeness (QED) is 0.882. The van der Waals surface area contributed by atoms with Gasteiger partial charge in [-0.1, -0.05) is 48.9 Å². The van der Waals surface area contributed by atoms with Gasteiger partial charge < -0.3 is 10.4 Å². The van der Waals surface area contributed by atoms with Crippen LogP contribution >= 0.6 is 0 Å². The number of benzene rings is 2. The molecule has 3 heteroatoms. The molecule has 0 aliphatic heterocycles. The van der Waals surface area contributed by atoms with Crippen LogP contribution < -0.4 is 5.32 Å². The Bertz CT molecular complexity index is 588. The molecule has 3 nitrogen and oxygen atoms in total. The van der Waals surface area contributed by atoms with Gasteiger partial charge in [0.25, 0.3) is 0 Å². The lowest BCUT2D eigenvalue weighted by Gasteiger charge is -2.17. The average molecular weight is 283 g/mol. The number of aromatic hydroxyl groups is 1. The van der Waals surface area contributed by atoms with Crippen LogP contribution in [0.3, 0.4) is 0 Å². The van der Waals surface area contributed by atoms with Crippen molar-refractivity contribution in [3.05, 3.63) is 65.2 Å². The van der Waals surface area contributed by atoms with Gasteiger partial charge in [-0.3, -0.25) is 4.79 Å². The number of carbonyl (C=O) groups excluding carboxylic acids is 1. The molecule has 21 heavy (non-hydrogen) atoms. The van der Waals surface area contributed by atoms with E-state index in [1.807, 2.05) is 6.92 Å². The summed E-state index contributed by atoms with van der Waals surface area (Å²) in [5.74, 6) is 0.207. The molecule has 2 aromatic rings. The Hall–Kier alpha value is -2.29. The molecule has 0 spiro atoms. The molecule has 2 aromatic carbocycles. The topological polar surface area (TPSA) is 49.3 Å². The van der Waals surface area contributed by atoms with Gasteiger partial charge in [-0.2, -0.15) is 0 Å². The van der Waals surface area contributed by atoms with E-state index in [1.165, 1.54) is 5.56 Å². The molecule has 0 saturated carbocycles. The number of phenolic OH excluding ortho intramolecular Hbond substituents is 1. The van der Waals surface area contributed by atoms with Crippen molar-refractivity contribution in [1.29, 1.82) is 0 Å². The molecule has 2 N–H and O–H groups in total. The minimum absolute atomic E-state index is 0.00638. The molecule has 0 bridgehead atoms. The van der Waals surface area contributed by atoms with Crippen LogP contribution in [0, 0.1) is 6.92 Å². The van der Waals surface area contributed by atoms with Gasteiger partial charge in [-0.05, 0) is 36.6 Å². The van der Waals surface area contributed by atoms with E-state index in [0.29, 0.717) is 6.42 Å². The van der Waals surface area contributed by atoms with E-state index in [-0.39, 0.29) is 17.7 Å². The number of rotatable bonds is 5. The number of aryl methyl sites for hydroxylation is 1. The third kappa shape index (κ3) is 4.35. The third-order valence-electron chi connectivity index (χ3n) is 3.52. The van der Waals surface area contributed by atoms with Crippen LogP contribution in [0.4, 0.5) is 0 Å². The zero-order chi connectivity index (χ0) is 15.2.